The maximum Gasteiger partial charge on any atom is 0.270 e. The van der Waals surface area contributed by atoms with Crippen LogP contribution in [0.25, 0.3) is 5.65 Å². The van der Waals surface area contributed by atoms with E-state index in [9.17, 15) is 19.1 Å². The van der Waals surface area contributed by atoms with Gasteiger partial charge < -0.3 is 10.4 Å². The van der Waals surface area contributed by atoms with Gasteiger partial charge in [0.1, 0.15) is 11.4 Å². The molecule has 1 amide bonds. The van der Waals surface area contributed by atoms with Crippen molar-refractivity contribution in [3.05, 3.63) is 73.6 Å². The summed E-state index contributed by atoms with van der Waals surface area (Å²) in [5, 5.41) is 12.5. The van der Waals surface area contributed by atoms with Crippen LogP contribution in [0.5, 0.6) is 5.75 Å². The van der Waals surface area contributed by atoms with Gasteiger partial charge in [-0.2, -0.15) is 0 Å². The molecule has 0 saturated heterocycles. The van der Waals surface area contributed by atoms with E-state index in [-0.39, 0.29) is 29.3 Å². The van der Waals surface area contributed by atoms with E-state index in [0.29, 0.717) is 9.13 Å². The predicted octanol–water partition coefficient (Wildman–Crippen LogP) is 2.07. The van der Waals surface area contributed by atoms with Crippen molar-refractivity contribution in [2.24, 2.45) is 0 Å². The van der Waals surface area contributed by atoms with Crippen LogP contribution >= 0.6 is 22.6 Å². The molecule has 3 aromatic rings. The molecule has 24 heavy (non-hydrogen) atoms. The molecule has 6 nitrogen and oxygen atoms in total. The lowest BCUT2D eigenvalue weighted by Gasteiger charge is -2.08. The molecule has 3 rings (SSSR count). The van der Waals surface area contributed by atoms with Crippen molar-refractivity contribution in [2.75, 3.05) is 0 Å². The summed E-state index contributed by atoms with van der Waals surface area (Å²) in [6.07, 6.45) is 2.58. The minimum atomic E-state index is -0.593. The zero-order valence-electron chi connectivity index (χ0n) is 12.2. The van der Waals surface area contributed by atoms with Crippen molar-refractivity contribution in [3.8, 4) is 5.75 Å². The summed E-state index contributed by atoms with van der Waals surface area (Å²) in [6.45, 7) is 0.152. The van der Waals surface area contributed by atoms with E-state index >= 15 is 0 Å². The summed E-state index contributed by atoms with van der Waals surface area (Å²) in [5.74, 6) is -1.07. The molecule has 0 fully saturated rings. The van der Waals surface area contributed by atoms with Crippen LogP contribution in [-0.2, 0) is 6.54 Å². The summed E-state index contributed by atoms with van der Waals surface area (Å²) in [5.41, 5.74) is 0.0614. The first-order valence-corrected chi connectivity index (χ1v) is 7.96. The van der Waals surface area contributed by atoms with Gasteiger partial charge >= 0.3 is 0 Å². The molecule has 2 aromatic heterocycles. The van der Waals surface area contributed by atoms with Crippen molar-refractivity contribution in [2.45, 2.75) is 6.54 Å². The van der Waals surface area contributed by atoms with Crippen LogP contribution in [0, 0.1) is 9.39 Å². The second-order valence-electron chi connectivity index (χ2n) is 4.99. The van der Waals surface area contributed by atoms with E-state index in [1.165, 1.54) is 18.3 Å². The van der Waals surface area contributed by atoms with Gasteiger partial charge in [0.25, 0.3) is 11.5 Å². The third-order valence-electron chi connectivity index (χ3n) is 3.41. The quantitative estimate of drug-likeness (QED) is 0.613. The largest absolute Gasteiger partial charge is 0.504 e. The number of hydrogen-bond acceptors (Lipinski definition) is 4. The van der Waals surface area contributed by atoms with E-state index in [1.807, 2.05) is 22.6 Å². The number of nitrogens with one attached hydrogen (secondary N) is 1. The van der Waals surface area contributed by atoms with Gasteiger partial charge in [0.15, 0.2) is 11.4 Å². The van der Waals surface area contributed by atoms with Gasteiger partial charge in [-0.3, -0.25) is 14.0 Å². The molecule has 8 heteroatoms. The van der Waals surface area contributed by atoms with Crippen LogP contribution in [0.15, 0.2) is 47.5 Å². The number of nitrogens with zero attached hydrogens (tertiary/aromatic N) is 2. The van der Waals surface area contributed by atoms with E-state index in [1.54, 1.807) is 18.2 Å². The smallest absolute Gasteiger partial charge is 0.270 e. The monoisotopic (exact) mass is 439 g/mol. The van der Waals surface area contributed by atoms with Crippen molar-refractivity contribution in [1.29, 1.82) is 0 Å². The lowest BCUT2D eigenvalue weighted by Crippen LogP contribution is -2.31. The van der Waals surface area contributed by atoms with E-state index in [0.717, 1.165) is 10.6 Å². The number of halogens is 2. The van der Waals surface area contributed by atoms with Crippen LogP contribution in [0.3, 0.4) is 0 Å². The van der Waals surface area contributed by atoms with E-state index < -0.39 is 11.5 Å². The Morgan fingerprint density at radius 1 is 1.29 bits per heavy atom. The average molecular weight is 439 g/mol. The number of aromatic hydroxyl groups is 1. The zero-order valence-corrected chi connectivity index (χ0v) is 14.3. The molecule has 2 heterocycles. The van der Waals surface area contributed by atoms with Gasteiger partial charge in [-0.25, -0.2) is 9.37 Å². The molecule has 0 spiro atoms. The third-order valence-corrected chi connectivity index (χ3v) is 4.28. The first-order valence-electron chi connectivity index (χ1n) is 6.89. The summed E-state index contributed by atoms with van der Waals surface area (Å²) < 4.78 is 14.5. The Kier molecular flexibility index (Phi) is 4.47. The number of carbonyl (C=O) groups is 1. The molecular weight excluding hydrogens is 428 g/mol. The van der Waals surface area contributed by atoms with Gasteiger partial charge in [0.2, 0.25) is 0 Å². The number of carbonyl (C=O) groups excluding carboxylic acids is 1. The van der Waals surface area contributed by atoms with Gasteiger partial charge in [-0.1, -0.05) is 12.1 Å². The first kappa shape index (κ1) is 16.4. The maximum atomic E-state index is 12.9. The summed E-state index contributed by atoms with van der Waals surface area (Å²) in [7, 11) is 0. The standard InChI is InChI=1S/C16H11FIN3O3/c17-10-3-1-9(2-4-10)7-20-15(23)11-8-19-14-13(22)12(18)5-6-21(14)16(11)24/h1-6,8,22H,7H2,(H,20,23). The normalized spacial score (nSPS) is 10.8. The maximum absolute atomic E-state index is 12.9. The molecule has 0 saturated carbocycles. The molecule has 0 atom stereocenters. The third kappa shape index (κ3) is 3.09. The minimum absolute atomic E-state index is 0.0852. The number of pyridine rings is 1. The van der Waals surface area contributed by atoms with Gasteiger partial charge in [-0.05, 0) is 46.4 Å². The van der Waals surface area contributed by atoms with Crippen molar-refractivity contribution in [1.82, 2.24) is 14.7 Å². The second kappa shape index (κ2) is 6.56. The number of amides is 1. The van der Waals surface area contributed by atoms with Crippen LogP contribution in [0.1, 0.15) is 15.9 Å². The Morgan fingerprint density at radius 2 is 2.00 bits per heavy atom. The molecule has 0 bridgehead atoms. The van der Waals surface area contributed by atoms with Crippen LogP contribution in [-0.4, -0.2) is 20.4 Å². The van der Waals surface area contributed by atoms with Gasteiger partial charge in [0.05, 0.1) is 3.57 Å². The molecule has 2 N–H and O–H groups in total. The molecule has 0 aliphatic carbocycles. The molecule has 0 radical (unpaired) electrons. The first-order chi connectivity index (χ1) is 11.5. The van der Waals surface area contributed by atoms with Crippen LogP contribution in [0.4, 0.5) is 4.39 Å². The van der Waals surface area contributed by atoms with E-state index in [4.69, 9.17) is 0 Å². The van der Waals surface area contributed by atoms with Gasteiger partial charge in [-0.15, -0.1) is 0 Å². The topological polar surface area (TPSA) is 83.7 Å². The van der Waals surface area contributed by atoms with Gasteiger partial charge in [0, 0.05) is 18.9 Å². The lowest BCUT2D eigenvalue weighted by molar-refractivity contribution is 0.0949. The molecule has 0 aliphatic rings. The molecule has 1 aromatic carbocycles. The zero-order chi connectivity index (χ0) is 17.3. The highest BCUT2D eigenvalue weighted by Crippen LogP contribution is 2.22. The van der Waals surface area contributed by atoms with Crippen LogP contribution in [0.2, 0.25) is 0 Å². The highest BCUT2D eigenvalue weighted by Gasteiger charge is 2.15. The Balaban J connectivity index is 1.87. The average Bonchev–Trinajstić information content (AvgIpc) is 2.58. The second-order valence-corrected chi connectivity index (χ2v) is 6.15. The van der Waals surface area contributed by atoms with Crippen molar-refractivity contribution in [3.63, 3.8) is 0 Å². The fourth-order valence-corrected chi connectivity index (χ4v) is 2.55. The number of hydrogen-bond donors (Lipinski definition) is 2. The Bertz CT molecular complexity index is 986. The number of fused-ring (bicyclic) bond motifs is 1. The Hall–Kier alpha value is -2.49. The highest BCUT2D eigenvalue weighted by molar-refractivity contribution is 14.1. The minimum Gasteiger partial charge on any atom is -0.504 e. The lowest BCUT2D eigenvalue weighted by atomic mass is 10.2. The molecular formula is C16H11FIN3O3. The van der Waals surface area contributed by atoms with E-state index in [2.05, 4.69) is 10.3 Å². The molecule has 0 unspecified atom stereocenters. The number of aromatic nitrogens is 2. The fourth-order valence-electron chi connectivity index (χ4n) is 2.14. The molecule has 0 aliphatic heterocycles. The Morgan fingerprint density at radius 3 is 2.71 bits per heavy atom. The van der Waals surface area contributed by atoms with Crippen LogP contribution < -0.4 is 10.9 Å². The number of benzene rings is 1. The molecule has 122 valence electrons. The number of rotatable bonds is 3. The summed E-state index contributed by atoms with van der Waals surface area (Å²) in [4.78, 5) is 28.6. The van der Waals surface area contributed by atoms with Crippen molar-refractivity contribution < 1.29 is 14.3 Å². The predicted molar refractivity (Wildman–Crippen MR) is 93.4 cm³/mol. The van der Waals surface area contributed by atoms with Crippen molar-refractivity contribution >= 4 is 34.1 Å². The highest BCUT2D eigenvalue weighted by atomic mass is 127. The SMILES string of the molecule is O=C(NCc1ccc(F)cc1)c1cnc2c(O)c(I)ccn2c1=O. The summed E-state index contributed by atoms with van der Waals surface area (Å²) >= 11 is 1.92. The Labute approximate surface area is 149 Å². The summed E-state index contributed by atoms with van der Waals surface area (Å²) in [6, 6.07) is 7.21. The fraction of sp³-hybridized carbons (Fsp3) is 0.0625.